The van der Waals surface area contributed by atoms with Crippen LogP contribution in [0.25, 0.3) is 0 Å². The minimum atomic E-state index is -0.703. The first kappa shape index (κ1) is 13.0. The number of aromatic nitrogens is 1. The first-order valence-electron chi connectivity index (χ1n) is 7.02. The van der Waals surface area contributed by atoms with Crippen molar-refractivity contribution < 1.29 is 9.00 Å². The number of carbonyl (C=O) groups excluding carboxylic acids is 1. The molecule has 4 heteroatoms. The van der Waals surface area contributed by atoms with Crippen LogP contribution >= 0.6 is 0 Å². The van der Waals surface area contributed by atoms with Gasteiger partial charge in [-0.15, -0.1) is 0 Å². The number of hydrogen-bond donors (Lipinski definition) is 0. The summed E-state index contributed by atoms with van der Waals surface area (Å²) in [6.07, 6.45) is 6.55. The predicted molar refractivity (Wildman–Crippen MR) is 75.6 cm³/mol. The molecule has 3 nitrogen and oxygen atoms in total. The van der Waals surface area contributed by atoms with Gasteiger partial charge in [0.1, 0.15) is 0 Å². The Kier molecular flexibility index (Phi) is 3.52. The zero-order valence-electron chi connectivity index (χ0n) is 11.2. The van der Waals surface area contributed by atoms with Crippen LogP contribution in [0.3, 0.4) is 0 Å². The number of ketones is 1. The van der Waals surface area contributed by atoms with Gasteiger partial charge in [-0.3, -0.25) is 14.0 Å². The number of rotatable bonds is 2. The Bertz CT molecular complexity index is 513. The van der Waals surface area contributed by atoms with Gasteiger partial charge in [-0.1, -0.05) is 6.42 Å². The average molecular weight is 277 g/mol. The summed E-state index contributed by atoms with van der Waals surface area (Å²) in [5.74, 6) is 0.259. The van der Waals surface area contributed by atoms with Gasteiger partial charge in [-0.2, -0.15) is 0 Å². The summed E-state index contributed by atoms with van der Waals surface area (Å²) >= 11 is 0. The Labute approximate surface area is 116 Å². The molecule has 0 N–H and O–H groups in total. The van der Waals surface area contributed by atoms with Crippen LogP contribution in [0.1, 0.15) is 48.2 Å². The molecule has 2 unspecified atom stereocenters. The molecule has 2 fully saturated rings. The molecule has 3 heterocycles. The first-order chi connectivity index (χ1) is 9.16. The molecule has 2 aliphatic rings. The van der Waals surface area contributed by atoms with Crippen LogP contribution in [0, 0.1) is 12.8 Å². The molecule has 19 heavy (non-hydrogen) atoms. The molecule has 3 rings (SSSR count). The van der Waals surface area contributed by atoms with Gasteiger partial charge >= 0.3 is 0 Å². The zero-order chi connectivity index (χ0) is 13.4. The number of hydrogen-bond acceptors (Lipinski definition) is 3. The topological polar surface area (TPSA) is 47.0 Å². The quantitative estimate of drug-likeness (QED) is 0.781. The molecule has 2 saturated heterocycles. The maximum atomic E-state index is 12.6. The summed E-state index contributed by atoms with van der Waals surface area (Å²) in [4.78, 5) is 16.8. The van der Waals surface area contributed by atoms with Gasteiger partial charge in [0.25, 0.3) is 0 Å². The van der Waals surface area contributed by atoms with Crippen LogP contribution in [0.4, 0.5) is 0 Å². The number of pyridine rings is 1. The molecule has 2 bridgehead atoms. The second kappa shape index (κ2) is 5.16. The number of nitrogens with zero attached hydrogens (tertiary/aromatic N) is 1. The normalized spacial score (nSPS) is 33.9. The Morgan fingerprint density at radius 3 is 2.63 bits per heavy atom. The lowest BCUT2D eigenvalue weighted by molar-refractivity contribution is 0.0894. The van der Waals surface area contributed by atoms with Crippen molar-refractivity contribution in [3.05, 3.63) is 29.6 Å². The highest BCUT2D eigenvalue weighted by atomic mass is 32.2. The van der Waals surface area contributed by atoms with Gasteiger partial charge in [-0.25, -0.2) is 0 Å². The van der Waals surface area contributed by atoms with Crippen molar-refractivity contribution in [3.8, 4) is 0 Å². The molecule has 0 aliphatic carbocycles. The van der Waals surface area contributed by atoms with Gasteiger partial charge in [0, 0.05) is 44.7 Å². The van der Waals surface area contributed by atoms with Crippen LogP contribution < -0.4 is 0 Å². The van der Waals surface area contributed by atoms with Crippen molar-refractivity contribution in [2.75, 3.05) is 0 Å². The number of Topliss-reactive ketones (excluding diaryl/α,β-unsaturated/α-hetero) is 1. The van der Waals surface area contributed by atoms with E-state index in [1.54, 1.807) is 6.20 Å². The highest BCUT2D eigenvalue weighted by molar-refractivity contribution is 7.86. The lowest BCUT2D eigenvalue weighted by atomic mass is 9.84. The van der Waals surface area contributed by atoms with Crippen LogP contribution in [-0.4, -0.2) is 25.5 Å². The van der Waals surface area contributed by atoms with Crippen molar-refractivity contribution in [3.63, 3.8) is 0 Å². The minimum absolute atomic E-state index is 0.0518. The fraction of sp³-hybridized carbons (Fsp3) is 0.600. The van der Waals surface area contributed by atoms with Crippen LogP contribution in [-0.2, 0) is 10.8 Å². The van der Waals surface area contributed by atoms with Crippen LogP contribution in [0.2, 0.25) is 0 Å². The number of carbonyl (C=O) groups is 1. The lowest BCUT2D eigenvalue weighted by Gasteiger charge is -2.37. The largest absolute Gasteiger partial charge is 0.294 e. The zero-order valence-corrected chi connectivity index (χ0v) is 12.0. The summed E-state index contributed by atoms with van der Waals surface area (Å²) < 4.78 is 12.2. The second-order valence-corrected chi connectivity index (χ2v) is 7.66. The molecular formula is C15H19NO2S. The van der Waals surface area contributed by atoms with Gasteiger partial charge in [0.15, 0.2) is 5.78 Å². The van der Waals surface area contributed by atoms with E-state index in [9.17, 15) is 9.00 Å². The fourth-order valence-electron chi connectivity index (χ4n) is 3.41. The maximum Gasteiger partial charge on any atom is 0.167 e. The highest BCUT2D eigenvalue weighted by Gasteiger charge is 2.40. The number of fused-ring (bicyclic) bond motifs is 2. The Hall–Kier alpha value is -1.03. The van der Waals surface area contributed by atoms with E-state index in [4.69, 9.17) is 0 Å². The Balaban J connectivity index is 1.82. The Morgan fingerprint density at radius 2 is 2.00 bits per heavy atom. The molecule has 1 aromatic rings. The summed E-state index contributed by atoms with van der Waals surface area (Å²) in [5, 5.41) is 0.497. The Morgan fingerprint density at radius 1 is 1.32 bits per heavy atom. The number of aryl methyl sites for hydroxylation is 1. The van der Waals surface area contributed by atoms with Crippen LogP contribution in [0.15, 0.2) is 18.3 Å². The van der Waals surface area contributed by atoms with E-state index in [-0.39, 0.29) is 22.2 Å². The van der Waals surface area contributed by atoms with E-state index in [1.165, 1.54) is 6.42 Å². The van der Waals surface area contributed by atoms with Crippen LogP contribution in [0.5, 0.6) is 0 Å². The minimum Gasteiger partial charge on any atom is -0.294 e. The molecule has 0 saturated carbocycles. The van der Waals surface area contributed by atoms with Gasteiger partial charge in [0.2, 0.25) is 0 Å². The molecule has 2 atom stereocenters. The summed E-state index contributed by atoms with van der Waals surface area (Å²) in [6, 6.07) is 3.69. The summed E-state index contributed by atoms with van der Waals surface area (Å²) in [6.45, 7) is 1.88. The maximum absolute atomic E-state index is 12.6. The van der Waals surface area contributed by atoms with Crippen molar-refractivity contribution in [2.24, 2.45) is 5.92 Å². The van der Waals surface area contributed by atoms with E-state index in [0.29, 0.717) is 0 Å². The molecule has 0 aromatic carbocycles. The van der Waals surface area contributed by atoms with Crippen molar-refractivity contribution in [2.45, 2.75) is 49.5 Å². The smallest absolute Gasteiger partial charge is 0.167 e. The molecule has 2 aliphatic heterocycles. The molecule has 0 amide bonds. The van der Waals surface area contributed by atoms with Crippen molar-refractivity contribution in [1.82, 2.24) is 4.98 Å². The fourth-order valence-corrected chi connectivity index (χ4v) is 5.60. The molecule has 0 radical (unpaired) electrons. The monoisotopic (exact) mass is 277 g/mol. The molecule has 1 aromatic heterocycles. The lowest BCUT2D eigenvalue weighted by Crippen LogP contribution is -2.41. The van der Waals surface area contributed by atoms with E-state index < -0.39 is 10.8 Å². The molecule has 102 valence electrons. The standard InChI is InChI=1S/C15H19NO2S/c1-10-14(6-3-7-16-10)15(17)11-8-12-4-2-5-13(9-11)19(12)18/h3,6-7,11-13H,2,4-5,8-9H2,1H3. The van der Waals surface area contributed by atoms with Gasteiger partial charge in [-0.05, 0) is 44.7 Å². The molecule has 0 spiro atoms. The third-order valence-electron chi connectivity index (χ3n) is 4.45. The van der Waals surface area contributed by atoms with E-state index in [2.05, 4.69) is 4.98 Å². The van der Waals surface area contributed by atoms with E-state index >= 15 is 0 Å². The third kappa shape index (κ3) is 2.38. The van der Waals surface area contributed by atoms with Gasteiger partial charge in [0.05, 0.1) is 0 Å². The predicted octanol–water partition coefficient (Wildman–Crippen LogP) is 2.65. The van der Waals surface area contributed by atoms with Crippen molar-refractivity contribution >= 4 is 16.6 Å². The highest BCUT2D eigenvalue weighted by Crippen LogP contribution is 2.38. The van der Waals surface area contributed by atoms with Gasteiger partial charge < -0.3 is 0 Å². The van der Waals surface area contributed by atoms with E-state index in [1.807, 2.05) is 19.1 Å². The molecular weight excluding hydrogens is 258 g/mol. The first-order valence-corrected chi connectivity index (χ1v) is 8.29. The van der Waals surface area contributed by atoms with E-state index in [0.717, 1.165) is 36.9 Å². The third-order valence-corrected chi connectivity index (χ3v) is 6.62. The average Bonchev–Trinajstić information content (AvgIpc) is 2.38. The van der Waals surface area contributed by atoms with Crippen molar-refractivity contribution in [1.29, 1.82) is 0 Å². The summed E-state index contributed by atoms with van der Waals surface area (Å²) in [7, 11) is -0.703. The second-order valence-electron chi connectivity index (χ2n) is 5.67. The summed E-state index contributed by atoms with van der Waals surface area (Å²) in [5.41, 5.74) is 1.56. The SMILES string of the molecule is Cc1ncccc1C(=O)C1CC2CCCC(C1)S2=O.